The van der Waals surface area contributed by atoms with Crippen LogP contribution in [0.15, 0.2) is 12.1 Å². The van der Waals surface area contributed by atoms with Crippen LogP contribution in [0.5, 0.6) is 17.2 Å². The molecule has 0 saturated carbocycles. The summed E-state index contributed by atoms with van der Waals surface area (Å²) >= 11 is 1.76. The Bertz CT molecular complexity index is 628. The molecule has 0 atom stereocenters. The van der Waals surface area contributed by atoms with Gasteiger partial charge in [-0.05, 0) is 37.8 Å². The summed E-state index contributed by atoms with van der Waals surface area (Å²) in [7, 11) is 4.89. The van der Waals surface area contributed by atoms with E-state index in [4.69, 9.17) is 19.2 Å². The first-order chi connectivity index (χ1) is 10.3. The van der Waals surface area contributed by atoms with Crippen molar-refractivity contribution in [2.75, 3.05) is 21.3 Å². The Morgan fingerprint density at radius 3 is 2.38 bits per heavy atom. The molecule has 2 aromatic rings. The maximum Gasteiger partial charge on any atom is 0.204 e. The molecule has 0 unspecified atom stereocenters. The van der Waals surface area contributed by atoms with Gasteiger partial charge in [-0.15, -0.1) is 11.3 Å². The maximum atomic E-state index is 5.56. The number of aromatic nitrogens is 1. The monoisotopic (exact) mass is 305 g/mol. The predicted octanol–water partition coefficient (Wildman–Crippen LogP) is 3.71. The van der Waals surface area contributed by atoms with Crippen LogP contribution < -0.4 is 14.2 Å². The highest BCUT2D eigenvalue weighted by molar-refractivity contribution is 7.15. The average Bonchev–Trinajstić information content (AvgIpc) is 2.96. The number of ether oxygens (including phenoxy) is 3. The van der Waals surface area contributed by atoms with Gasteiger partial charge in [-0.1, -0.05) is 0 Å². The smallest absolute Gasteiger partial charge is 0.204 e. The lowest BCUT2D eigenvalue weighted by molar-refractivity contribution is 0.325. The lowest BCUT2D eigenvalue weighted by Gasteiger charge is -2.14. The Balaban J connectivity index is 2.11. The third-order valence-electron chi connectivity index (χ3n) is 3.78. The molecular formula is C16H19NO3S. The molecule has 0 saturated heterocycles. The molecule has 0 fully saturated rings. The Morgan fingerprint density at radius 2 is 1.71 bits per heavy atom. The van der Waals surface area contributed by atoms with Gasteiger partial charge >= 0.3 is 0 Å². The second-order valence-electron chi connectivity index (χ2n) is 4.98. The molecule has 1 aromatic heterocycles. The minimum absolute atomic E-state index is 0.616. The van der Waals surface area contributed by atoms with Crippen molar-refractivity contribution in [2.24, 2.45) is 0 Å². The van der Waals surface area contributed by atoms with Crippen molar-refractivity contribution in [3.8, 4) is 27.8 Å². The maximum absolute atomic E-state index is 5.56. The normalized spacial score (nSPS) is 13.7. The Morgan fingerprint density at radius 1 is 0.952 bits per heavy atom. The summed E-state index contributed by atoms with van der Waals surface area (Å²) in [4.78, 5) is 6.21. The second kappa shape index (κ2) is 5.93. The molecule has 1 aliphatic rings. The van der Waals surface area contributed by atoms with E-state index in [1.807, 2.05) is 12.1 Å². The number of methoxy groups -OCH3 is 3. The third-order valence-corrected chi connectivity index (χ3v) is 4.97. The molecule has 0 N–H and O–H groups in total. The summed E-state index contributed by atoms with van der Waals surface area (Å²) in [6, 6.07) is 3.89. The average molecular weight is 305 g/mol. The fourth-order valence-corrected chi connectivity index (χ4v) is 3.91. The molecule has 4 nitrogen and oxygen atoms in total. The van der Waals surface area contributed by atoms with Crippen LogP contribution >= 0.6 is 11.3 Å². The number of fused-ring (bicyclic) bond motifs is 1. The van der Waals surface area contributed by atoms with Gasteiger partial charge in [-0.3, -0.25) is 0 Å². The van der Waals surface area contributed by atoms with E-state index in [9.17, 15) is 0 Å². The SMILES string of the molecule is COc1ccc(-c2nc3c(s2)CCCC3)c(OC)c1OC. The summed E-state index contributed by atoms with van der Waals surface area (Å²) in [5, 5.41) is 1.000. The number of hydrogen-bond donors (Lipinski definition) is 0. The lowest BCUT2D eigenvalue weighted by atomic mass is 10.0. The number of hydrogen-bond acceptors (Lipinski definition) is 5. The van der Waals surface area contributed by atoms with Crippen LogP contribution in [0.2, 0.25) is 0 Å². The van der Waals surface area contributed by atoms with Crippen LogP contribution in [-0.2, 0) is 12.8 Å². The van der Waals surface area contributed by atoms with E-state index in [1.54, 1.807) is 32.7 Å². The number of benzene rings is 1. The molecule has 3 rings (SSSR count). The van der Waals surface area contributed by atoms with E-state index in [0.717, 1.165) is 23.4 Å². The fraction of sp³-hybridized carbons (Fsp3) is 0.438. The summed E-state index contributed by atoms with van der Waals surface area (Å²) in [6.07, 6.45) is 4.72. The van der Waals surface area contributed by atoms with Crippen molar-refractivity contribution in [1.82, 2.24) is 4.98 Å². The van der Waals surface area contributed by atoms with Gasteiger partial charge in [-0.2, -0.15) is 0 Å². The Labute approximate surface area is 128 Å². The number of thiazole rings is 1. The summed E-state index contributed by atoms with van der Waals surface area (Å²) in [6.45, 7) is 0. The molecule has 1 aliphatic carbocycles. The Hall–Kier alpha value is -1.75. The predicted molar refractivity (Wildman–Crippen MR) is 83.8 cm³/mol. The molecule has 0 amide bonds. The van der Waals surface area contributed by atoms with Gasteiger partial charge in [0.05, 0.1) is 32.6 Å². The molecule has 1 heterocycles. The standard InChI is InChI=1S/C16H19NO3S/c1-18-12-9-8-10(14(19-2)15(12)20-3)16-17-11-6-4-5-7-13(11)21-16/h8-9H,4-7H2,1-3H3. The van der Waals surface area contributed by atoms with E-state index >= 15 is 0 Å². The summed E-state index contributed by atoms with van der Waals surface area (Å²) < 4.78 is 16.3. The molecule has 112 valence electrons. The van der Waals surface area contributed by atoms with Crippen molar-refractivity contribution in [2.45, 2.75) is 25.7 Å². The van der Waals surface area contributed by atoms with Crippen molar-refractivity contribution in [1.29, 1.82) is 0 Å². The van der Waals surface area contributed by atoms with Gasteiger partial charge in [0.15, 0.2) is 11.5 Å². The van der Waals surface area contributed by atoms with Crippen LogP contribution in [0.4, 0.5) is 0 Å². The molecule has 5 heteroatoms. The largest absolute Gasteiger partial charge is 0.493 e. The van der Waals surface area contributed by atoms with Gasteiger partial charge in [-0.25, -0.2) is 4.98 Å². The zero-order valence-electron chi connectivity index (χ0n) is 12.6. The van der Waals surface area contributed by atoms with Gasteiger partial charge in [0.1, 0.15) is 5.01 Å². The zero-order valence-corrected chi connectivity index (χ0v) is 13.4. The number of aryl methyl sites for hydroxylation is 2. The lowest BCUT2D eigenvalue weighted by Crippen LogP contribution is -1.99. The van der Waals surface area contributed by atoms with Gasteiger partial charge in [0.25, 0.3) is 0 Å². The van der Waals surface area contributed by atoms with Crippen molar-refractivity contribution in [3.05, 3.63) is 22.7 Å². The van der Waals surface area contributed by atoms with Crippen LogP contribution in [0.25, 0.3) is 10.6 Å². The van der Waals surface area contributed by atoms with Gasteiger partial charge in [0, 0.05) is 4.88 Å². The van der Waals surface area contributed by atoms with E-state index < -0.39 is 0 Å². The van der Waals surface area contributed by atoms with E-state index in [-0.39, 0.29) is 0 Å². The van der Waals surface area contributed by atoms with Crippen LogP contribution in [0, 0.1) is 0 Å². The highest BCUT2D eigenvalue weighted by Gasteiger charge is 2.22. The highest BCUT2D eigenvalue weighted by atomic mass is 32.1. The minimum atomic E-state index is 0.616. The van der Waals surface area contributed by atoms with E-state index in [1.165, 1.54) is 23.4 Å². The molecule has 21 heavy (non-hydrogen) atoms. The molecule has 0 radical (unpaired) electrons. The fourth-order valence-electron chi connectivity index (χ4n) is 2.74. The molecule has 0 aliphatic heterocycles. The first kappa shape index (κ1) is 14.2. The van der Waals surface area contributed by atoms with Crippen LogP contribution in [0.1, 0.15) is 23.4 Å². The van der Waals surface area contributed by atoms with Gasteiger partial charge < -0.3 is 14.2 Å². The molecule has 1 aromatic carbocycles. The topological polar surface area (TPSA) is 40.6 Å². The van der Waals surface area contributed by atoms with Gasteiger partial charge in [0.2, 0.25) is 5.75 Å². The minimum Gasteiger partial charge on any atom is -0.493 e. The molecular weight excluding hydrogens is 286 g/mol. The highest BCUT2D eigenvalue weighted by Crippen LogP contribution is 2.46. The van der Waals surface area contributed by atoms with Crippen LogP contribution in [-0.4, -0.2) is 26.3 Å². The van der Waals surface area contributed by atoms with E-state index in [2.05, 4.69) is 0 Å². The first-order valence-corrected chi connectivity index (χ1v) is 7.88. The number of rotatable bonds is 4. The third kappa shape index (κ3) is 2.46. The van der Waals surface area contributed by atoms with Crippen molar-refractivity contribution < 1.29 is 14.2 Å². The van der Waals surface area contributed by atoms with E-state index in [0.29, 0.717) is 17.2 Å². The van der Waals surface area contributed by atoms with Crippen molar-refractivity contribution >= 4 is 11.3 Å². The second-order valence-corrected chi connectivity index (χ2v) is 6.06. The first-order valence-electron chi connectivity index (χ1n) is 7.06. The molecule has 0 bridgehead atoms. The Kier molecular flexibility index (Phi) is 4.01. The van der Waals surface area contributed by atoms with Crippen LogP contribution in [0.3, 0.4) is 0 Å². The van der Waals surface area contributed by atoms with Crippen molar-refractivity contribution in [3.63, 3.8) is 0 Å². The summed E-state index contributed by atoms with van der Waals surface area (Å²) in [5.74, 6) is 1.97. The molecule has 0 spiro atoms. The zero-order chi connectivity index (χ0) is 14.8. The summed E-state index contributed by atoms with van der Waals surface area (Å²) in [5.41, 5.74) is 2.22. The number of nitrogens with zero attached hydrogens (tertiary/aromatic N) is 1. The quantitative estimate of drug-likeness (QED) is 0.863.